The molecule has 0 aliphatic rings. The summed E-state index contributed by atoms with van der Waals surface area (Å²) in [5.41, 5.74) is 4.05. The van der Waals surface area contributed by atoms with Crippen molar-refractivity contribution in [2.45, 2.75) is 19.3 Å². The first kappa shape index (κ1) is 17.9. The number of nitro groups is 1. The number of imidazole rings is 1. The minimum atomic E-state index is -0.401. The molecule has 3 aromatic carbocycles. The highest BCUT2D eigenvalue weighted by Crippen LogP contribution is 2.24. The van der Waals surface area contributed by atoms with E-state index in [2.05, 4.69) is 9.55 Å². The number of hydrogen-bond acceptors (Lipinski definition) is 4. The molecular formula is C22H19N3O3. The van der Waals surface area contributed by atoms with Gasteiger partial charge in [-0.25, -0.2) is 4.98 Å². The van der Waals surface area contributed by atoms with Crippen LogP contribution in [0.15, 0.2) is 85.2 Å². The lowest BCUT2D eigenvalue weighted by Gasteiger charge is -2.19. The Kier molecular flexibility index (Phi) is 5.12. The fourth-order valence-corrected chi connectivity index (χ4v) is 3.17. The Morgan fingerprint density at radius 3 is 2.43 bits per heavy atom. The van der Waals surface area contributed by atoms with Crippen LogP contribution in [0.2, 0.25) is 0 Å². The van der Waals surface area contributed by atoms with Gasteiger partial charge in [-0.15, -0.1) is 0 Å². The maximum absolute atomic E-state index is 10.8. The van der Waals surface area contributed by atoms with Crippen molar-refractivity contribution >= 4 is 16.7 Å². The first-order valence-electron chi connectivity index (χ1n) is 9.00. The van der Waals surface area contributed by atoms with E-state index in [4.69, 9.17) is 4.74 Å². The van der Waals surface area contributed by atoms with E-state index >= 15 is 0 Å². The lowest BCUT2D eigenvalue weighted by atomic mass is 10.1. The molecule has 1 unspecified atom stereocenters. The van der Waals surface area contributed by atoms with E-state index in [1.807, 2.05) is 60.9 Å². The number of non-ortho nitro benzene ring substituents is 1. The molecule has 6 heteroatoms. The number of nitro benzene ring substituents is 1. The lowest BCUT2D eigenvalue weighted by Crippen LogP contribution is -2.12. The molecule has 1 heterocycles. The maximum Gasteiger partial charge on any atom is 0.269 e. The fourth-order valence-electron chi connectivity index (χ4n) is 3.17. The van der Waals surface area contributed by atoms with Crippen molar-refractivity contribution in [3.05, 3.63) is 106 Å². The molecule has 1 aromatic heterocycles. The Labute approximate surface area is 162 Å². The Balaban J connectivity index is 1.55. The van der Waals surface area contributed by atoms with E-state index < -0.39 is 4.92 Å². The van der Waals surface area contributed by atoms with Gasteiger partial charge in [0, 0.05) is 12.1 Å². The summed E-state index contributed by atoms with van der Waals surface area (Å²) >= 11 is 0. The zero-order chi connectivity index (χ0) is 19.3. The molecule has 140 valence electrons. The number of hydrogen-bond donors (Lipinski definition) is 0. The van der Waals surface area contributed by atoms with Gasteiger partial charge in [0.2, 0.25) is 0 Å². The number of para-hydroxylation sites is 2. The second kappa shape index (κ2) is 8.02. The van der Waals surface area contributed by atoms with Crippen LogP contribution in [0.1, 0.15) is 17.2 Å². The van der Waals surface area contributed by atoms with Crippen LogP contribution < -0.4 is 0 Å². The number of fused-ring (bicyclic) bond motifs is 1. The Hall–Kier alpha value is -3.51. The summed E-state index contributed by atoms with van der Waals surface area (Å²) < 4.78 is 8.30. The van der Waals surface area contributed by atoms with Crippen molar-refractivity contribution in [3.8, 4) is 0 Å². The van der Waals surface area contributed by atoms with Gasteiger partial charge in [-0.05, 0) is 35.4 Å². The van der Waals surface area contributed by atoms with Crippen molar-refractivity contribution in [2.75, 3.05) is 0 Å². The van der Waals surface area contributed by atoms with Crippen LogP contribution in [0, 0.1) is 10.1 Å². The van der Waals surface area contributed by atoms with Crippen molar-refractivity contribution in [3.63, 3.8) is 0 Å². The number of rotatable bonds is 7. The van der Waals surface area contributed by atoms with Crippen molar-refractivity contribution < 1.29 is 9.66 Å². The summed E-state index contributed by atoms with van der Waals surface area (Å²) in [5, 5.41) is 10.8. The molecule has 28 heavy (non-hydrogen) atoms. The zero-order valence-electron chi connectivity index (χ0n) is 15.1. The molecule has 0 N–H and O–H groups in total. The number of ether oxygens (including phenoxy) is 1. The van der Waals surface area contributed by atoms with E-state index in [9.17, 15) is 10.1 Å². The minimum Gasteiger partial charge on any atom is -0.367 e. The van der Waals surface area contributed by atoms with Gasteiger partial charge in [-0.1, -0.05) is 42.5 Å². The molecule has 0 radical (unpaired) electrons. The number of nitrogens with zero attached hydrogens (tertiary/aromatic N) is 3. The number of aromatic nitrogens is 2. The van der Waals surface area contributed by atoms with Gasteiger partial charge in [0.25, 0.3) is 5.69 Å². The van der Waals surface area contributed by atoms with E-state index in [-0.39, 0.29) is 11.8 Å². The predicted octanol–water partition coefficient (Wildman–Crippen LogP) is 4.90. The molecule has 0 spiro atoms. The molecular weight excluding hydrogens is 354 g/mol. The third-order valence-electron chi connectivity index (χ3n) is 4.66. The molecule has 4 aromatic rings. The Morgan fingerprint density at radius 1 is 0.964 bits per heavy atom. The first-order valence-corrected chi connectivity index (χ1v) is 9.00. The van der Waals surface area contributed by atoms with Crippen LogP contribution in [0.5, 0.6) is 0 Å². The van der Waals surface area contributed by atoms with Gasteiger partial charge in [0.15, 0.2) is 0 Å². The second-order valence-electron chi connectivity index (χ2n) is 6.52. The van der Waals surface area contributed by atoms with E-state index in [0.717, 1.165) is 22.2 Å². The topological polar surface area (TPSA) is 70.2 Å². The fraction of sp³-hybridized carbons (Fsp3) is 0.136. The summed E-state index contributed by atoms with van der Waals surface area (Å²) in [4.78, 5) is 14.9. The normalized spacial score (nSPS) is 12.1. The summed E-state index contributed by atoms with van der Waals surface area (Å²) in [6.07, 6.45) is 1.66. The van der Waals surface area contributed by atoms with Gasteiger partial charge < -0.3 is 9.30 Å². The van der Waals surface area contributed by atoms with Gasteiger partial charge in [-0.2, -0.15) is 0 Å². The van der Waals surface area contributed by atoms with Crippen LogP contribution >= 0.6 is 0 Å². The largest absolute Gasteiger partial charge is 0.367 e. The maximum atomic E-state index is 10.8. The van der Waals surface area contributed by atoms with Crippen molar-refractivity contribution in [1.29, 1.82) is 0 Å². The van der Waals surface area contributed by atoms with Crippen molar-refractivity contribution in [2.24, 2.45) is 0 Å². The third kappa shape index (κ3) is 3.92. The SMILES string of the molecule is O=[N+]([O-])c1ccc(COC(Cn2cnc3ccccc32)c2ccccc2)cc1. The standard InChI is InChI=1S/C22H19N3O3/c26-25(27)19-12-10-17(11-13-19)15-28-22(18-6-2-1-3-7-18)14-24-16-23-20-8-4-5-9-21(20)24/h1-13,16,22H,14-15H2. The Morgan fingerprint density at radius 2 is 1.68 bits per heavy atom. The molecule has 0 aliphatic carbocycles. The average molecular weight is 373 g/mol. The molecule has 0 fully saturated rings. The second-order valence-corrected chi connectivity index (χ2v) is 6.52. The van der Waals surface area contributed by atoms with Crippen LogP contribution in [0.3, 0.4) is 0 Å². The van der Waals surface area contributed by atoms with Gasteiger partial charge in [-0.3, -0.25) is 10.1 Å². The predicted molar refractivity (Wildman–Crippen MR) is 107 cm³/mol. The van der Waals surface area contributed by atoms with E-state index in [1.54, 1.807) is 12.1 Å². The summed E-state index contributed by atoms with van der Waals surface area (Å²) in [6.45, 7) is 0.988. The quantitative estimate of drug-likeness (QED) is 0.341. The van der Waals surface area contributed by atoms with Crippen LogP contribution in [-0.2, 0) is 17.9 Å². The van der Waals surface area contributed by atoms with Crippen LogP contribution in [-0.4, -0.2) is 14.5 Å². The summed E-state index contributed by atoms with van der Waals surface area (Å²) in [5.74, 6) is 0. The molecule has 4 rings (SSSR count). The zero-order valence-corrected chi connectivity index (χ0v) is 15.1. The summed E-state index contributed by atoms with van der Waals surface area (Å²) in [7, 11) is 0. The monoisotopic (exact) mass is 373 g/mol. The molecule has 0 saturated carbocycles. The molecule has 0 amide bonds. The molecule has 0 bridgehead atoms. The van der Waals surface area contributed by atoms with Crippen LogP contribution in [0.25, 0.3) is 11.0 Å². The molecule has 1 atom stereocenters. The minimum absolute atomic E-state index is 0.0771. The molecule has 0 saturated heterocycles. The molecule has 6 nitrogen and oxygen atoms in total. The van der Waals surface area contributed by atoms with Gasteiger partial charge in [0.05, 0.1) is 35.4 Å². The average Bonchev–Trinajstić information content (AvgIpc) is 3.15. The first-order chi connectivity index (χ1) is 13.7. The summed E-state index contributed by atoms with van der Waals surface area (Å²) in [6, 6.07) is 24.5. The lowest BCUT2D eigenvalue weighted by molar-refractivity contribution is -0.384. The van der Waals surface area contributed by atoms with E-state index in [0.29, 0.717) is 13.2 Å². The highest BCUT2D eigenvalue weighted by atomic mass is 16.6. The number of benzene rings is 3. The van der Waals surface area contributed by atoms with Gasteiger partial charge >= 0.3 is 0 Å². The smallest absolute Gasteiger partial charge is 0.269 e. The third-order valence-corrected chi connectivity index (χ3v) is 4.66. The Bertz CT molecular complexity index is 1080. The highest BCUT2D eigenvalue weighted by molar-refractivity contribution is 5.74. The van der Waals surface area contributed by atoms with Crippen LogP contribution in [0.4, 0.5) is 5.69 Å². The van der Waals surface area contributed by atoms with Gasteiger partial charge in [0.1, 0.15) is 6.10 Å². The highest BCUT2D eigenvalue weighted by Gasteiger charge is 2.15. The van der Waals surface area contributed by atoms with Crippen molar-refractivity contribution in [1.82, 2.24) is 9.55 Å². The molecule has 0 aliphatic heterocycles. The van der Waals surface area contributed by atoms with E-state index in [1.165, 1.54) is 12.1 Å².